The van der Waals surface area contributed by atoms with Crippen LogP contribution in [0.4, 0.5) is 4.79 Å². The molecule has 0 atom stereocenters. The van der Waals surface area contributed by atoms with E-state index in [4.69, 9.17) is 4.74 Å². The first-order chi connectivity index (χ1) is 9.26. The number of carbonyl (C=O) groups excluding carboxylic acids is 1. The Hall–Kier alpha value is -0.810. The summed E-state index contributed by atoms with van der Waals surface area (Å²) in [5, 5.41) is 6.45. The lowest BCUT2D eigenvalue weighted by Gasteiger charge is -2.36. The van der Waals surface area contributed by atoms with Crippen molar-refractivity contribution >= 4 is 6.09 Å². The van der Waals surface area contributed by atoms with Gasteiger partial charge in [-0.3, -0.25) is 0 Å². The van der Waals surface area contributed by atoms with Gasteiger partial charge in [0.2, 0.25) is 0 Å². The largest absolute Gasteiger partial charge is 0.444 e. The van der Waals surface area contributed by atoms with E-state index in [2.05, 4.69) is 29.6 Å². The molecule has 0 radical (unpaired) electrons. The third-order valence-corrected chi connectivity index (χ3v) is 3.32. The molecule has 1 fully saturated rings. The van der Waals surface area contributed by atoms with Gasteiger partial charge in [0, 0.05) is 12.1 Å². The molecule has 0 aromatic rings. The van der Waals surface area contributed by atoms with Crippen LogP contribution in [0.3, 0.4) is 0 Å². The third kappa shape index (κ3) is 7.70. The second-order valence-corrected chi connectivity index (χ2v) is 6.98. The first kappa shape index (κ1) is 17.2. The molecule has 5 heteroatoms. The summed E-state index contributed by atoms with van der Waals surface area (Å²) in [6.07, 6.45) is 4.15. The lowest BCUT2D eigenvalue weighted by Crippen LogP contribution is -2.53. The van der Waals surface area contributed by atoms with Crippen molar-refractivity contribution < 1.29 is 9.53 Å². The number of hydrogen-bond acceptors (Lipinski definition) is 4. The minimum Gasteiger partial charge on any atom is -0.444 e. The maximum Gasteiger partial charge on any atom is 0.407 e. The van der Waals surface area contributed by atoms with Gasteiger partial charge in [-0.25, -0.2) is 4.79 Å². The van der Waals surface area contributed by atoms with E-state index in [1.165, 1.54) is 12.8 Å². The zero-order valence-corrected chi connectivity index (χ0v) is 13.7. The van der Waals surface area contributed by atoms with Gasteiger partial charge in [0.05, 0.1) is 0 Å². The Morgan fingerprint density at radius 1 is 1.20 bits per heavy atom. The topological polar surface area (TPSA) is 53.6 Å². The summed E-state index contributed by atoms with van der Waals surface area (Å²) in [6.45, 7) is 7.86. The average Bonchev–Trinajstić information content (AvgIpc) is 2.21. The molecule has 0 spiro atoms. The minimum absolute atomic E-state index is 0.268. The standard InChI is InChI=1S/C15H31N3O2/c1-15(2,3)20-14(19)17-13-10-12(11-13)16-8-6-7-9-18(4)5/h12-13,16H,6-11H2,1-5H3,(H,17,19). The molecule has 0 heterocycles. The lowest BCUT2D eigenvalue weighted by molar-refractivity contribution is 0.0465. The van der Waals surface area contributed by atoms with E-state index >= 15 is 0 Å². The van der Waals surface area contributed by atoms with Crippen LogP contribution in [0.1, 0.15) is 46.5 Å². The molecule has 0 aromatic heterocycles. The van der Waals surface area contributed by atoms with Crippen LogP contribution >= 0.6 is 0 Å². The summed E-state index contributed by atoms with van der Waals surface area (Å²) < 4.78 is 5.24. The Morgan fingerprint density at radius 3 is 2.40 bits per heavy atom. The van der Waals surface area contributed by atoms with Crippen molar-refractivity contribution in [2.24, 2.45) is 0 Å². The molecule has 5 nitrogen and oxygen atoms in total. The highest BCUT2D eigenvalue weighted by molar-refractivity contribution is 5.68. The van der Waals surface area contributed by atoms with Crippen LogP contribution in [0.15, 0.2) is 0 Å². The highest BCUT2D eigenvalue weighted by atomic mass is 16.6. The van der Waals surface area contributed by atoms with Crippen molar-refractivity contribution in [1.82, 2.24) is 15.5 Å². The molecule has 0 unspecified atom stereocenters. The molecule has 2 N–H and O–H groups in total. The van der Waals surface area contributed by atoms with Gasteiger partial charge in [0.15, 0.2) is 0 Å². The number of nitrogens with one attached hydrogen (secondary N) is 2. The quantitative estimate of drug-likeness (QED) is 0.702. The maximum atomic E-state index is 11.6. The molecular formula is C15H31N3O2. The van der Waals surface area contributed by atoms with Gasteiger partial charge >= 0.3 is 6.09 Å². The average molecular weight is 285 g/mol. The number of rotatable bonds is 7. The molecule has 0 bridgehead atoms. The van der Waals surface area contributed by atoms with E-state index < -0.39 is 5.60 Å². The second-order valence-electron chi connectivity index (χ2n) is 6.98. The summed E-state index contributed by atoms with van der Waals surface area (Å²) >= 11 is 0. The predicted octanol–water partition coefficient (Wildman–Crippen LogP) is 1.97. The van der Waals surface area contributed by atoms with Crippen molar-refractivity contribution in [3.8, 4) is 0 Å². The smallest absolute Gasteiger partial charge is 0.407 e. The molecule has 0 aromatic carbocycles. The fourth-order valence-electron chi connectivity index (χ4n) is 2.24. The number of ether oxygens (including phenoxy) is 1. The first-order valence-corrected chi connectivity index (χ1v) is 7.64. The third-order valence-electron chi connectivity index (χ3n) is 3.32. The maximum absolute atomic E-state index is 11.6. The number of amides is 1. The monoisotopic (exact) mass is 285 g/mol. The van der Waals surface area contributed by atoms with Crippen LogP contribution in [0.5, 0.6) is 0 Å². The van der Waals surface area contributed by atoms with Gasteiger partial charge in [0.1, 0.15) is 5.60 Å². The fourth-order valence-corrected chi connectivity index (χ4v) is 2.24. The number of alkyl carbamates (subject to hydrolysis) is 1. The Balaban J connectivity index is 1.99. The van der Waals surface area contributed by atoms with Crippen LogP contribution in [0, 0.1) is 0 Å². The predicted molar refractivity (Wildman–Crippen MR) is 82.0 cm³/mol. The zero-order chi connectivity index (χ0) is 15.2. The van der Waals surface area contributed by atoms with Crippen LogP contribution < -0.4 is 10.6 Å². The molecule has 1 aliphatic carbocycles. The highest BCUT2D eigenvalue weighted by Crippen LogP contribution is 2.20. The normalized spacial score (nSPS) is 22.5. The van der Waals surface area contributed by atoms with Crippen LogP contribution in [-0.4, -0.2) is 55.9 Å². The highest BCUT2D eigenvalue weighted by Gasteiger charge is 2.30. The summed E-state index contributed by atoms with van der Waals surface area (Å²) in [7, 11) is 4.21. The van der Waals surface area contributed by atoms with Crippen molar-refractivity contribution in [3.63, 3.8) is 0 Å². The van der Waals surface area contributed by atoms with Crippen molar-refractivity contribution in [2.45, 2.75) is 64.1 Å². The second kappa shape index (κ2) is 7.84. The van der Waals surface area contributed by atoms with Gasteiger partial charge < -0.3 is 20.3 Å². The number of carbonyl (C=O) groups is 1. The summed E-state index contributed by atoms with van der Waals surface area (Å²) in [4.78, 5) is 13.8. The molecule has 118 valence electrons. The van der Waals surface area contributed by atoms with Crippen molar-refractivity contribution in [1.29, 1.82) is 0 Å². The number of hydrogen-bond donors (Lipinski definition) is 2. The van der Waals surface area contributed by atoms with E-state index in [-0.39, 0.29) is 12.1 Å². The molecular weight excluding hydrogens is 254 g/mol. The van der Waals surface area contributed by atoms with E-state index in [9.17, 15) is 4.79 Å². The van der Waals surface area contributed by atoms with Crippen LogP contribution in [0.25, 0.3) is 0 Å². The Bertz CT molecular complexity index is 294. The molecule has 0 saturated heterocycles. The van der Waals surface area contributed by atoms with Gasteiger partial charge in [-0.05, 0) is 73.6 Å². The van der Waals surface area contributed by atoms with E-state index in [1.54, 1.807) is 0 Å². The van der Waals surface area contributed by atoms with Crippen molar-refractivity contribution in [2.75, 3.05) is 27.2 Å². The summed E-state index contributed by atoms with van der Waals surface area (Å²) in [5.74, 6) is 0. The Labute approximate surface area is 123 Å². The summed E-state index contributed by atoms with van der Waals surface area (Å²) in [5.41, 5.74) is -0.419. The van der Waals surface area contributed by atoms with Gasteiger partial charge in [-0.2, -0.15) is 0 Å². The van der Waals surface area contributed by atoms with E-state index in [0.29, 0.717) is 6.04 Å². The number of nitrogens with zero attached hydrogens (tertiary/aromatic N) is 1. The molecule has 20 heavy (non-hydrogen) atoms. The van der Waals surface area contributed by atoms with Crippen LogP contribution in [0.2, 0.25) is 0 Å². The Morgan fingerprint density at radius 2 is 1.85 bits per heavy atom. The Kier molecular flexibility index (Phi) is 6.76. The SMILES string of the molecule is CN(C)CCCCNC1CC(NC(=O)OC(C)(C)C)C1. The zero-order valence-electron chi connectivity index (χ0n) is 13.7. The molecule has 1 amide bonds. The van der Waals surface area contributed by atoms with Gasteiger partial charge in [0.25, 0.3) is 0 Å². The number of unbranched alkanes of at least 4 members (excludes halogenated alkanes) is 1. The molecule has 0 aliphatic heterocycles. The minimum atomic E-state index is -0.419. The molecule has 1 rings (SSSR count). The first-order valence-electron chi connectivity index (χ1n) is 7.64. The van der Waals surface area contributed by atoms with Crippen molar-refractivity contribution in [3.05, 3.63) is 0 Å². The van der Waals surface area contributed by atoms with E-state index in [1.807, 2.05) is 20.8 Å². The lowest BCUT2D eigenvalue weighted by atomic mass is 9.87. The van der Waals surface area contributed by atoms with Gasteiger partial charge in [-0.15, -0.1) is 0 Å². The van der Waals surface area contributed by atoms with E-state index in [0.717, 1.165) is 25.9 Å². The summed E-state index contributed by atoms with van der Waals surface area (Å²) in [6, 6.07) is 0.818. The fraction of sp³-hybridized carbons (Fsp3) is 0.933. The van der Waals surface area contributed by atoms with Crippen LogP contribution in [-0.2, 0) is 4.74 Å². The van der Waals surface area contributed by atoms with Gasteiger partial charge in [-0.1, -0.05) is 0 Å². The molecule has 1 saturated carbocycles. The molecule has 1 aliphatic rings.